The van der Waals surface area contributed by atoms with E-state index < -0.39 is 0 Å². The Morgan fingerprint density at radius 1 is 1.56 bits per heavy atom. The molecular weight excluding hydrogens is 272 g/mol. The summed E-state index contributed by atoms with van der Waals surface area (Å²) in [6.07, 6.45) is 2.29. The summed E-state index contributed by atoms with van der Waals surface area (Å²) in [5.74, 6) is -0.0889. The van der Waals surface area contributed by atoms with Crippen molar-refractivity contribution in [2.75, 3.05) is 13.1 Å². The fraction of sp³-hybridized carbons (Fsp3) is 0.500. The van der Waals surface area contributed by atoms with Crippen LogP contribution in [0.5, 0.6) is 0 Å². The summed E-state index contributed by atoms with van der Waals surface area (Å²) in [5.41, 5.74) is 0.610. The molecule has 0 bridgehead atoms. The maximum absolute atomic E-state index is 11.8. The number of rotatable bonds is 4. The molecule has 4 nitrogen and oxygen atoms in total. The second-order valence-corrected chi connectivity index (χ2v) is 5.17. The quantitative estimate of drug-likeness (QED) is 0.832. The average molecular weight is 289 g/mol. The van der Waals surface area contributed by atoms with Crippen LogP contribution in [0.3, 0.4) is 0 Å². The Labute approximate surface area is 117 Å². The molecule has 1 aliphatic heterocycles. The van der Waals surface area contributed by atoms with Crippen molar-refractivity contribution >= 4 is 35.4 Å². The molecular formula is C12H17ClN2O2S. The highest BCUT2D eigenvalue weighted by molar-refractivity contribution is 7.12. The number of carbonyl (C=O) groups is 2. The summed E-state index contributed by atoms with van der Waals surface area (Å²) < 4.78 is 0. The maximum Gasteiger partial charge on any atom is 0.261 e. The van der Waals surface area contributed by atoms with Crippen molar-refractivity contribution in [3.8, 4) is 0 Å². The minimum atomic E-state index is -0.0869. The number of nitrogens with one attached hydrogen (secondary N) is 2. The predicted molar refractivity (Wildman–Crippen MR) is 74.9 cm³/mol. The molecule has 0 spiro atoms. The highest BCUT2D eigenvalue weighted by Gasteiger charge is 2.16. The zero-order valence-corrected chi connectivity index (χ0v) is 11.8. The lowest BCUT2D eigenvalue weighted by atomic mass is 10.2. The number of halogens is 1. The van der Waals surface area contributed by atoms with Crippen LogP contribution in [0.15, 0.2) is 11.4 Å². The second kappa shape index (κ2) is 6.87. The minimum absolute atomic E-state index is 0. The number of hydrogen-bond donors (Lipinski definition) is 2. The molecule has 0 saturated carbocycles. The van der Waals surface area contributed by atoms with Crippen LogP contribution in [-0.4, -0.2) is 30.8 Å². The van der Waals surface area contributed by atoms with E-state index in [4.69, 9.17) is 0 Å². The van der Waals surface area contributed by atoms with Crippen molar-refractivity contribution in [3.63, 3.8) is 0 Å². The third kappa shape index (κ3) is 3.80. The molecule has 1 aromatic heterocycles. The fourth-order valence-electron chi connectivity index (χ4n) is 1.87. The van der Waals surface area contributed by atoms with Gasteiger partial charge in [0.25, 0.3) is 5.91 Å². The molecule has 1 unspecified atom stereocenters. The molecule has 0 aliphatic carbocycles. The molecule has 2 N–H and O–H groups in total. The molecule has 0 radical (unpaired) electrons. The van der Waals surface area contributed by atoms with Gasteiger partial charge in [-0.2, -0.15) is 0 Å². The van der Waals surface area contributed by atoms with Crippen LogP contribution in [0, 0.1) is 0 Å². The Morgan fingerprint density at radius 2 is 2.33 bits per heavy atom. The van der Waals surface area contributed by atoms with E-state index in [9.17, 15) is 9.59 Å². The minimum Gasteiger partial charge on any atom is -0.350 e. The Balaban J connectivity index is 0.00000162. The lowest BCUT2D eigenvalue weighted by Crippen LogP contribution is -2.36. The summed E-state index contributed by atoms with van der Waals surface area (Å²) >= 11 is 1.32. The summed E-state index contributed by atoms with van der Waals surface area (Å²) in [6, 6.07) is 2.05. The summed E-state index contributed by atoms with van der Waals surface area (Å²) in [4.78, 5) is 23.5. The van der Waals surface area contributed by atoms with Gasteiger partial charge in [-0.25, -0.2) is 0 Å². The van der Waals surface area contributed by atoms with Crippen LogP contribution >= 0.6 is 23.7 Å². The van der Waals surface area contributed by atoms with E-state index in [2.05, 4.69) is 10.6 Å². The smallest absolute Gasteiger partial charge is 0.261 e. The first-order valence-corrected chi connectivity index (χ1v) is 6.66. The van der Waals surface area contributed by atoms with Gasteiger partial charge in [0.05, 0.1) is 4.88 Å². The molecule has 18 heavy (non-hydrogen) atoms. The van der Waals surface area contributed by atoms with E-state index in [1.165, 1.54) is 24.7 Å². The Morgan fingerprint density at radius 3 is 2.89 bits per heavy atom. The van der Waals surface area contributed by atoms with Gasteiger partial charge in [-0.15, -0.1) is 23.7 Å². The topological polar surface area (TPSA) is 58.2 Å². The highest BCUT2D eigenvalue weighted by Crippen LogP contribution is 2.15. The van der Waals surface area contributed by atoms with Gasteiger partial charge in [-0.1, -0.05) is 0 Å². The second-order valence-electron chi connectivity index (χ2n) is 4.26. The van der Waals surface area contributed by atoms with Gasteiger partial charge >= 0.3 is 0 Å². The third-order valence-corrected chi connectivity index (χ3v) is 3.83. The van der Waals surface area contributed by atoms with E-state index >= 15 is 0 Å². The number of Topliss-reactive ketones (excluding diaryl/α,β-unsaturated/α-hetero) is 1. The molecule has 1 atom stereocenters. The first kappa shape index (κ1) is 15.1. The Kier molecular flexibility index (Phi) is 5.78. The van der Waals surface area contributed by atoms with Gasteiger partial charge in [0, 0.05) is 23.5 Å². The molecule has 1 fully saturated rings. The predicted octanol–water partition coefficient (Wildman–Crippen LogP) is 1.85. The molecule has 2 rings (SSSR count). The normalized spacial score (nSPS) is 18.2. The van der Waals surface area contributed by atoms with Gasteiger partial charge in [0.1, 0.15) is 0 Å². The standard InChI is InChI=1S/C12H16N2O2S.ClH/c1-8(15)9-5-11(17-7-9)12(16)14-6-10-3-2-4-13-10;/h5,7,10,13H,2-4,6H2,1H3,(H,14,16);1H. The van der Waals surface area contributed by atoms with Gasteiger partial charge in [-0.3, -0.25) is 9.59 Å². The van der Waals surface area contributed by atoms with E-state index in [-0.39, 0.29) is 24.1 Å². The zero-order chi connectivity index (χ0) is 12.3. The van der Waals surface area contributed by atoms with Gasteiger partial charge < -0.3 is 10.6 Å². The fourth-order valence-corrected chi connectivity index (χ4v) is 2.74. The van der Waals surface area contributed by atoms with Crippen LogP contribution in [0.25, 0.3) is 0 Å². The van der Waals surface area contributed by atoms with E-state index in [0.29, 0.717) is 23.0 Å². The van der Waals surface area contributed by atoms with E-state index in [1.807, 2.05) is 0 Å². The van der Waals surface area contributed by atoms with Crippen molar-refractivity contribution < 1.29 is 9.59 Å². The molecule has 1 saturated heterocycles. The van der Waals surface area contributed by atoms with Crippen LogP contribution in [-0.2, 0) is 0 Å². The lowest BCUT2D eigenvalue weighted by Gasteiger charge is -2.10. The number of thiophene rings is 1. The SMILES string of the molecule is CC(=O)c1csc(C(=O)NCC2CCCN2)c1.Cl. The van der Waals surface area contributed by atoms with E-state index in [1.54, 1.807) is 11.4 Å². The average Bonchev–Trinajstić information content (AvgIpc) is 2.96. The van der Waals surface area contributed by atoms with Crippen molar-refractivity contribution in [1.82, 2.24) is 10.6 Å². The molecule has 1 aromatic rings. The first-order valence-electron chi connectivity index (χ1n) is 5.78. The largest absolute Gasteiger partial charge is 0.350 e. The van der Waals surface area contributed by atoms with Crippen LogP contribution in [0.2, 0.25) is 0 Å². The van der Waals surface area contributed by atoms with Crippen molar-refractivity contribution in [1.29, 1.82) is 0 Å². The van der Waals surface area contributed by atoms with Crippen LogP contribution < -0.4 is 10.6 Å². The Hall–Kier alpha value is -0.910. The molecule has 1 aliphatic rings. The molecule has 0 aromatic carbocycles. The highest BCUT2D eigenvalue weighted by atomic mass is 35.5. The van der Waals surface area contributed by atoms with Crippen molar-refractivity contribution in [2.24, 2.45) is 0 Å². The molecule has 100 valence electrons. The summed E-state index contributed by atoms with van der Waals surface area (Å²) in [7, 11) is 0. The number of hydrogen-bond acceptors (Lipinski definition) is 4. The summed E-state index contributed by atoms with van der Waals surface area (Å²) in [6.45, 7) is 3.20. The molecule has 1 amide bonds. The van der Waals surface area contributed by atoms with Crippen molar-refractivity contribution in [2.45, 2.75) is 25.8 Å². The van der Waals surface area contributed by atoms with Crippen molar-refractivity contribution in [3.05, 3.63) is 21.9 Å². The number of ketones is 1. The van der Waals surface area contributed by atoms with E-state index in [0.717, 1.165) is 13.0 Å². The van der Waals surface area contributed by atoms with Crippen LogP contribution in [0.4, 0.5) is 0 Å². The van der Waals surface area contributed by atoms with Gasteiger partial charge in [-0.05, 0) is 32.4 Å². The summed E-state index contributed by atoms with van der Waals surface area (Å²) in [5, 5.41) is 7.94. The molecule has 2 heterocycles. The maximum atomic E-state index is 11.8. The monoisotopic (exact) mass is 288 g/mol. The van der Waals surface area contributed by atoms with Gasteiger partial charge in [0.15, 0.2) is 5.78 Å². The lowest BCUT2D eigenvalue weighted by molar-refractivity contribution is 0.0954. The van der Waals surface area contributed by atoms with Gasteiger partial charge in [0.2, 0.25) is 0 Å². The number of amides is 1. The third-order valence-electron chi connectivity index (χ3n) is 2.90. The zero-order valence-electron chi connectivity index (χ0n) is 10.2. The number of carbonyl (C=O) groups excluding carboxylic acids is 2. The molecule has 6 heteroatoms. The Bertz CT molecular complexity index is 427. The first-order chi connectivity index (χ1) is 8.16. The van der Waals surface area contributed by atoms with Crippen LogP contribution in [0.1, 0.15) is 39.8 Å².